The number of hydrogen-bond donors (Lipinski definition) is 1. The molecule has 0 radical (unpaired) electrons. The van der Waals surface area contributed by atoms with Crippen molar-refractivity contribution in [3.05, 3.63) is 33.8 Å². The molecule has 158 valence electrons. The number of hydrogen-bond acceptors (Lipinski definition) is 10. The predicted molar refractivity (Wildman–Crippen MR) is 115 cm³/mol. The number of esters is 2. The van der Waals surface area contributed by atoms with E-state index in [4.69, 9.17) is 4.74 Å². The van der Waals surface area contributed by atoms with Crippen molar-refractivity contribution in [2.24, 2.45) is 0 Å². The molecule has 0 aliphatic heterocycles. The summed E-state index contributed by atoms with van der Waals surface area (Å²) in [5.41, 5.74) is 0.319. The molecule has 9 nitrogen and oxygen atoms in total. The van der Waals surface area contributed by atoms with Gasteiger partial charge in [-0.15, -0.1) is 32.9 Å². The highest BCUT2D eigenvalue weighted by atomic mass is 32.2. The molecule has 0 saturated carbocycles. The Labute approximate surface area is 184 Å². The molecule has 0 aliphatic rings. The quantitative estimate of drug-likeness (QED) is 0.378. The molecule has 3 rings (SSSR count). The van der Waals surface area contributed by atoms with E-state index in [2.05, 4.69) is 20.3 Å². The van der Waals surface area contributed by atoms with Crippen molar-refractivity contribution in [2.75, 3.05) is 24.8 Å². The van der Waals surface area contributed by atoms with Crippen LogP contribution < -0.4 is 5.32 Å². The van der Waals surface area contributed by atoms with Crippen LogP contribution in [0, 0.1) is 0 Å². The van der Waals surface area contributed by atoms with Gasteiger partial charge in [0, 0.05) is 6.54 Å². The Morgan fingerprint density at radius 3 is 2.73 bits per heavy atom. The molecule has 0 spiro atoms. The standard InChI is InChI=1S/C18H18N4O5S3/c1-3-22-16(12-5-4-7-28-12)20-21-18(22)30-10-14(24)27-9-13(23)19-11-6-8-29-15(11)17(25)26-2/h4-8H,3,9-10H2,1-2H3,(H,19,23). The van der Waals surface area contributed by atoms with Crippen LogP contribution in [0.5, 0.6) is 0 Å². The maximum absolute atomic E-state index is 12.0. The van der Waals surface area contributed by atoms with Crippen LogP contribution in [-0.2, 0) is 25.6 Å². The number of carbonyl (C=O) groups excluding carboxylic acids is 3. The average Bonchev–Trinajstić information content (AvgIpc) is 3.50. The SMILES string of the molecule is CCn1c(SCC(=O)OCC(=O)Nc2ccsc2C(=O)OC)nnc1-c1cccs1. The highest BCUT2D eigenvalue weighted by Gasteiger charge is 2.18. The van der Waals surface area contributed by atoms with Gasteiger partial charge in [0.05, 0.1) is 23.4 Å². The van der Waals surface area contributed by atoms with Gasteiger partial charge in [0.1, 0.15) is 4.88 Å². The first kappa shape index (κ1) is 22.0. The van der Waals surface area contributed by atoms with E-state index < -0.39 is 24.5 Å². The maximum Gasteiger partial charge on any atom is 0.350 e. The molecule has 0 unspecified atom stereocenters. The molecule has 0 fully saturated rings. The summed E-state index contributed by atoms with van der Waals surface area (Å²) in [4.78, 5) is 36.9. The second-order valence-electron chi connectivity index (χ2n) is 5.68. The summed E-state index contributed by atoms with van der Waals surface area (Å²) >= 11 is 3.90. The van der Waals surface area contributed by atoms with Crippen LogP contribution in [0.2, 0.25) is 0 Å². The maximum atomic E-state index is 12.0. The Balaban J connectivity index is 1.49. The fourth-order valence-electron chi connectivity index (χ4n) is 2.42. The Morgan fingerprint density at radius 2 is 2.03 bits per heavy atom. The normalized spacial score (nSPS) is 10.6. The van der Waals surface area contributed by atoms with Crippen molar-refractivity contribution in [1.29, 1.82) is 0 Å². The zero-order chi connectivity index (χ0) is 21.5. The van der Waals surface area contributed by atoms with Gasteiger partial charge >= 0.3 is 11.9 Å². The smallest absolute Gasteiger partial charge is 0.350 e. The molecule has 0 aromatic carbocycles. The van der Waals surface area contributed by atoms with Crippen LogP contribution in [0.3, 0.4) is 0 Å². The molecule has 1 amide bonds. The van der Waals surface area contributed by atoms with Crippen molar-refractivity contribution in [1.82, 2.24) is 14.8 Å². The lowest BCUT2D eigenvalue weighted by molar-refractivity contribution is -0.144. The number of methoxy groups -OCH3 is 1. The van der Waals surface area contributed by atoms with Gasteiger partial charge in [-0.2, -0.15) is 0 Å². The second-order valence-corrected chi connectivity index (χ2v) is 8.49. The third kappa shape index (κ3) is 5.26. The Morgan fingerprint density at radius 1 is 1.20 bits per heavy atom. The topological polar surface area (TPSA) is 112 Å². The van der Waals surface area contributed by atoms with E-state index in [1.54, 1.807) is 22.8 Å². The number of amides is 1. The number of rotatable bonds is 9. The molecule has 3 aromatic rings. The minimum Gasteiger partial charge on any atom is -0.465 e. The molecule has 0 aliphatic carbocycles. The van der Waals surface area contributed by atoms with Gasteiger partial charge in [-0.1, -0.05) is 17.8 Å². The Hall–Kier alpha value is -2.70. The molecular formula is C18H18N4O5S3. The summed E-state index contributed by atoms with van der Waals surface area (Å²) < 4.78 is 11.6. The number of thioether (sulfide) groups is 1. The number of ether oxygens (including phenoxy) is 2. The molecule has 1 N–H and O–H groups in total. The number of thiophene rings is 2. The van der Waals surface area contributed by atoms with Crippen molar-refractivity contribution in [3.63, 3.8) is 0 Å². The molecule has 0 bridgehead atoms. The Kier molecular flexibility index (Phi) is 7.60. The van der Waals surface area contributed by atoms with Gasteiger partial charge in [0.2, 0.25) is 0 Å². The summed E-state index contributed by atoms with van der Waals surface area (Å²) in [6.45, 7) is 2.17. The van der Waals surface area contributed by atoms with Crippen LogP contribution in [0.4, 0.5) is 5.69 Å². The van der Waals surface area contributed by atoms with E-state index in [1.165, 1.54) is 18.9 Å². The lowest BCUT2D eigenvalue weighted by atomic mass is 10.4. The van der Waals surface area contributed by atoms with Gasteiger partial charge in [0.15, 0.2) is 17.6 Å². The van der Waals surface area contributed by atoms with E-state index in [0.29, 0.717) is 17.4 Å². The summed E-state index contributed by atoms with van der Waals surface area (Å²) in [6.07, 6.45) is 0. The summed E-state index contributed by atoms with van der Waals surface area (Å²) in [7, 11) is 1.26. The number of aromatic nitrogens is 3. The van der Waals surface area contributed by atoms with E-state index in [0.717, 1.165) is 22.0 Å². The molecule has 30 heavy (non-hydrogen) atoms. The number of nitrogens with one attached hydrogen (secondary N) is 1. The zero-order valence-electron chi connectivity index (χ0n) is 16.1. The minimum atomic E-state index is -0.558. The molecule has 0 atom stereocenters. The van der Waals surface area contributed by atoms with Gasteiger partial charge in [-0.05, 0) is 29.8 Å². The number of anilines is 1. The molecule has 0 saturated heterocycles. The average molecular weight is 467 g/mol. The van der Waals surface area contributed by atoms with Gasteiger partial charge in [-0.25, -0.2) is 4.79 Å². The van der Waals surface area contributed by atoms with Crippen molar-refractivity contribution in [3.8, 4) is 10.7 Å². The fraction of sp³-hybridized carbons (Fsp3) is 0.278. The number of nitrogens with zero attached hydrogens (tertiary/aromatic N) is 3. The van der Waals surface area contributed by atoms with Gasteiger partial charge < -0.3 is 19.4 Å². The highest BCUT2D eigenvalue weighted by Crippen LogP contribution is 2.27. The molecule has 3 heterocycles. The monoisotopic (exact) mass is 466 g/mol. The Bertz CT molecular complexity index is 1030. The molecule has 12 heteroatoms. The lowest BCUT2D eigenvalue weighted by Gasteiger charge is -2.08. The zero-order valence-corrected chi connectivity index (χ0v) is 18.6. The van der Waals surface area contributed by atoms with Crippen LogP contribution in [0.15, 0.2) is 34.1 Å². The predicted octanol–water partition coefficient (Wildman–Crippen LogP) is 3.15. The second kappa shape index (κ2) is 10.4. The van der Waals surface area contributed by atoms with E-state index in [1.807, 2.05) is 29.0 Å². The third-order valence-corrected chi connectivity index (χ3v) is 6.47. The van der Waals surface area contributed by atoms with E-state index in [-0.39, 0.29) is 10.6 Å². The summed E-state index contributed by atoms with van der Waals surface area (Å²) in [5.74, 6) is -0.914. The van der Waals surface area contributed by atoms with Crippen LogP contribution in [0.1, 0.15) is 16.6 Å². The van der Waals surface area contributed by atoms with Crippen LogP contribution >= 0.6 is 34.4 Å². The van der Waals surface area contributed by atoms with Crippen molar-refractivity contribution < 1.29 is 23.9 Å². The first-order chi connectivity index (χ1) is 14.5. The first-order valence-electron chi connectivity index (χ1n) is 8.74. The van der Waals surface area contributed by atoms with E-state index in [9.17, 15) is 14.4 Å². The van der Waals surface area contributed by atoms with Gasteiger partial charge in [0.25, 0.3) is 5.91 Å². The van der Waals surface area contributed by atoms with E-state index >= 15 is 0 Å². The lowest BCUT2D eigenvalue weighted by Crippen LogP contribution is -2.22. The third-order valence-electron chi connectivity index (χ3n) is 3.77. The van der Waals surface area contributed by atoms with Crippen molar-refractivity contribution >= 4 is 58.0 Å². The van der Waals surface area contributed by atoms with Crippen molar-refractivity contribution in [2.45, 2.75) is 18.6 Å². The first-order valence-corrected chi connectivity index (χ1v) is 11.5. The van der Waals surface area contributed by atoms with Crippen LogP contribution in [-0.4, -0.2) is 52.1 Å². The highest BCUT2D eigenvalue weighted by molar-refractivity contribution is 7.99. The fourth-order valence-corrected chi connectivity index (χ4v) is 4.71. The summed E-state index contributed by atoms with van der Waals surface area (Å²) in [6, 6.07) is 5.48. The largest absolute Gasteiger partial charge is 0.465 e. The van der Waals surface area contributed by atoms with Crippen LogP contribution in [0.25, 0.3) is 10.7 Å². The minimum absolute atomic E-state index is 0.0122. The molecule has 3 aromatic heterocycles. The number of carbonyl (C=O) groups is 3. The summed E-state index contributed by atoms with van der Waals surface area (Å²) in [5, 5.41) is 15.1. The van der Waals surface area contributed by atoms with Gasteiger partial charge in [-0.3, -0.25) is 9.59 Å². The molecular weight excluding hydrogens is 448 g/mol.